The molecule has 0 spiro atoms. The first-order valence-electron chi connectivity index (χ1n) is 4.79. The Hall–Kier alpha value is -0.360. The third kappa shape index (κ3) is 3.10. The van der Waals surface area contributed by atoms with E-state index in [2.05, 4.69) is 0 Å². The normalized spacial score (nSPS) is 14.0. The Kier molecular flexibility index (Phi) is 4.77. The smallest absolute Gasteiger partial charge is 0.207 e. The van der Waals surface area contributed by atoms with E-state index >= 15 is 0 Å². The molecule has 0 aliphatic carbocycles. The van der Waals surface area contributed by atoms with Gasteiger partial charge < -0.3 is 0 Å². The van der Waals surface area contributed by atoms with Crippen molar-refractivity contribution in [3.63, 3.8) is 0 Å². The number of alkyl halides is 1. The highest BCUT2D eigenvalue weighted by Gasteiger charge is 2.27. The second kappa shape index (κ2) is 5.52. The third-order valence-corrected chi connectivity index (χ3v) is 5.29. The van der Waals surface area contributed by atoms with Crippen LogP contribution in [0.25, 0.3) is 0 Å². The van der Waals surface area contributed by atoms with Crippen LogP contribution < -0.4 is 0 Å². The van der Waals surface area contributed by atoms with Crippen LogP contribution in [0.5, 0.6) is 0 Å². The molecule has 0 saturated carbocycles. The van der Waals surface area contributed by atoms with Crippen molar-refractivity contribution in [3.05, 3.63) is 29.0 Å². The molecule has 0 aromatic heterocycles. The summed E-state index contributed by atoms with van der Waals surface area (Å²) in [7, 11) is -2.45. The van der Waals surface area contributed by atoms with E-state index in [0.29, 0.717) is 0 Å². The van der Waals surface area contributed by atoms with E-state index in [9.17, 15) is 12.8 Å². The number of nitrogens with zero attached hydrogens (tertiary/aromatic N) is 1. The fraction of sp³-hybridized carbons (Fsp3) is 0.400. The first-order valence-corrected chi connectivity index (χ1v) is 7.15. The van der Waals surface area contributed by atoms with Gasteiger partial charge >= 0.3 is 0 Å². The van der Waals surface area contributed by atoms with Crippen molar-refractivity contribution >= 4 is 33.2 Å². The summed E-state index contributed by atoms with van der Waals surface area (Å²) in [6.07, 6.45) is 0. The molecule has 3 nitrogen and oxygen atoms in total. The molecule has 1 unspecified atom stereocenters. The van der Waals surface area contributed by atoms with Crippen molar-refractivity contribution in [1.29, 1.82) is 0 Å². The number of sulfonamides is 1. The maximum atomic E-state index is 13.1. The first kappa shape index (κ1) is 14.7. The van der Waals surface area contributed by atoms with Gasteiger partial charge in [-0.1, -0.05) is 11.6 Å². The highest BCUT2D eigenvalue weighted by Crippen LogP contribution is 2.25. The lowest BCUT2D eigenvalue weighted by Crippen LogP contribution is -2.36. The standard InChI is InChI=1S/C10H12Cl2FNO2S/c1-7(6-11)14(2)17(15,16)10-5-8(13)3-4-9(10)12/h3-5,7H,6H2,1-2H3. The lowest BCUT2D eigenvalue weighted by molar-refractivity contribution is 0.413. The molecular weight excluding hydrogens is 288 g/mol. The largest absolute Gasteiger partial charge is 0.244 e. The van der Waals surface area contributed by atoms with Crippen LogP contribution in [0.4, 0.5) is 4.39 Å². The van der Waals surface area contributed by atoms with Crippen LogP contribution in [0.2, 0.25) is 5.02 Å². The molecule has 0 radical (unpaired) electrons. The Bertz CT molecular complexity index is 507. The average molecular weight is 300 g/mol. The monoisotopic (exact) mass is 299 g/mol. The number of hydrogen-bond acceptors (Lipinski definition) is 2. The number of hydrogen-bond donors (Lipinski definition) is 0. The van der Waals surface area contributed by atoms with Crippen molar-refractivity contribution in [2.24, 2.45) is 0 Å². The summed E-state index contributed by atoms with van der Waals surface area (Å²) in [4.78, 5) is -0.251. The van der Waals surface area contributed by atoms with Gasteiger partial charge in [0.15, 0.2) is 0 Å². The Labute approximate surface area is 110 Å². The molecule has 1 aromatic carbocycles. The van der Waals surface area contributed by atoms with Crippen molar-refractivity contribution < 1.29 is 12.8 Å². The molecule has 0 saturated heterocycles. The topological polar surface area (TPSA) is 37.4 Å². The van der Waals surface area contributed by atoms with Gasteiger partial charge in [-0.05, 0) is 25.1 Å². The minimum atomic E-state index is -3.83. The van der Waals surface area contributed by atoms with Crippen LogP contribution in [0, 0.1) is 5.82 Å². The van der Waals surface area contributed by atoms with Gasteiger partial charge in [-0.25, -0.2) is 12.8 Å². The van der Waals surface area contributed by atoms with Gasteiger partial charge in [-0.2, -0.15) is 4.31 Å². The van der Waals surface area contributed by atoms with Crippen LogP contribution in [-0.2, 0) is 10.0 Å². The van der Waals surface area contributed by atoms with Crippen LogP contribution in [0.3, 0.4) is 0 Å². The summed E-state index contributed by atoms with van der Waals surface area (Å²) in [5.41, 5.74) is 0. The Morgan fingerprint density at radius 1 is 1.47 bits per heavy atom. The van der Waals surface area contributed by atoms with Gasteiger partial charge in [0, 0.05) is 19.0 Å². The summed E-state index contributed by atoms with van der Waals surface area (Å²) >= 11 is 11.4. The molecule has 7 heteroatoms. The Morgan fingerprint density at radius 3 is 2.59 bits per heavy atom. The van der Waals surface area contributed by atoms with Crippen LogP contribution in [0.15, 0.2) is 23.1 Å². The predicted octanol–water partition coefficient (Wildman–Crippen LogP) is 2.73. The molecule has 0 N–H and O–H groups in total. The van der Waals surface area contributed by atoms with E-state index in [-0.39, 0.29) is 15.8 Å². The van der Waals surface area contributed by atoms with Crippen LogP contribution in [-0.4, -0.2) is 31.7 Å². The zero-order valence-electron chi connectivity index (χ0n) is 9.32. The van der Waals surface area contributed by atoms with E-state index in [1.807, 2.05) is 0 Å². The molecular formula is C10H12Cl2FNO2S. The van der Waals surface area contributed by atoms with E-state index in [4.69, 9.17) is 23.2 Å². The molecule has 0 amide bonds. The average Bonchev–Trinajstić information content (AvgIpc) is 2.30. The van der Waals surface area contributed by atoms with Crippen molar-refractivity contribution in [2.75, 3.05) is 12.9 Å². The molecule has 1 aromatic rings. The Balaban J connectivity index is 3.26. The highest BCUT2D eigenvalue weighted by molar-refractivity contribution is 7.89. The summed E-state index contributed by atoms with van der Waals surface area (Å²) in [5.74, 6) is -0.511. The molecule has 96 valence electrons. The van der Waals surface area contributed by atoms with Gasteiger partial charge in [0.2, 0.25) is 10.0 Å². The van der Waals surface area contributed by atoms with Crippen LogP contribution in [0.1, 0.15) is 6.92 Å². The first-order chi connectivity index (χ1) is 7.80. The van der Waals surface area contributed by atoms with E-state index < -0.39 is 21.9 Å². The molecule has 0 aliphatic heterocycles. The summed E-state index contributed by atoms with van der Waals surface area (Å²) in [5, 5.41) is -0.0139. The SMILES string of the molecule is CC(CCl)N(C)S(=O)(=O)c1cc(F)ccc1Cl. The van der Waals surface area contributed by atoms with Gasteiger partial charge in [-0.3, -0.25) is 0 Å². The molecule has 17 heavy (non-hydrogen) atoms. The number of rotatable bonds is 4. The van der Waals surface area contributed by atoms with Gasteiger partial charge in [0.1, 0.15) is 10.7 Å². The van der Waals surface area contributed by atoms with Crippen molar-refractivity contribution in [3.8, 4) is 0 Å². The highest BCUT2D eigenvalue weighted by atomic mass is 35.5. The molecule has 0 fully saturated rings. The molecule has 0 aliphatic rings. The summed E-state index contributed by atoms with van der Waals surface area (Å²) < 4.78 is 38.4. The molecule has 1 rings (SSSR count). The minimum Gasteiger partial charge on any atom is -0.207 e. The molecule has 1 atom stereocenters. The molecule has 0 heterocycles. The predicted molar refractivity (Wildman–Crippen MR) is 66.5 cm³/mol. The molecule has 0 bridgehead atoms. The van der Waals surface area contributed by atoms with E-state index in [1.165, 1.54) is 13.1 Å². The van der Waals surface area contributed by atoms with Gasteiger partial charge in [-0.15, -0.1) is 11.6 Å². The second-order valence-corrected chi connectivity index (χ2v) is 6.28. The third-order valence-electron chi connectivity index (χ3n) is 2.39. The van der Waals surface area contributed by atoms with Gasteiger partial charge in [0.05, 0.1) is 5.02 Å². The number of halogens is 3. The maximum absolute atomic E-state index is 13.1. The van der Waals surface area contributed by atoms with E-state index in [1.54, 1.807) is 6.92 Å². The minimum absolute atomic E-state index is 0.0139. The fourth-order valence-electron chi connectivity index (χ4n) is 1.16. The zero-order chi connectivity index (χ0) is 13.2. The van der Waals surface area contributed by atoms with Gasteiger partial charge in [0.25, 0.3) is 0 Å². The lowest BCUT2D eigenvalue weighted by atomic mass is 10.3. The summed E-state index contributed by atoms with van der Waals surface area (Å²) in [6.45, 7) is 1.65. The lowest BCUT2D eigenvalue weighted by Gasteiger charge is -2.22. The van der Waals surface area contributed by atoms with Crippen molar-refractivity contribution in [2.45, 2.75) is 17.9 Å². The van der Waals surface area contributed by atoms with Crippen LogP contribution >= 0.6 is 23.2 Å². The summed E-state index contributed by atoms with van der Waals surface area (Å²) in [6, 6.07) is 2.81. The van der Waals surface area contributed by atoms with Crippen molar-refractivity contribution in [1.82, 2.24) is 4.31 Å². The second-order valence-electron chi connectivity index (χ2n) is 3.60. The zero-order valence-corrected chi connectivity index (χ0v) is 11.7. The Morgan fingerprint density at radius 2 is 2.06 bits per heavy atom. The fourth-order valence-corrected chi connectivity index (χ4v) is 3.30. The maximum Gasteiger partial charge on any atom is 0.244 e. The quantitative estimate of drug-likeness (QED) is 0.802. The number of benzene rings is 1. The van der Waals surface area contributed by atoms with E-state index in [0.717, 1.165) is 16.4 Å².